The zero-order chi connectivity index (χ0) is 22.2. The van der Waals surface area contributed by atoms with Crippen molar-refractivity contribution in [1.29, 1.82) is 0 Å². The Kier molecular flexibility index (Phi) is 7.15. The first-order valence-corrected chi connectivity index (χ1v) is 10.8. The van der Waals surface area contributed by atoms with Gasteiger partial charge in [-0.3, -0.25) is 14.5 Å². The van der Waals surface area contributed by atoms with Crippen LogP contribution in [-0.4, -0.2) is 42.4 Å². The van der Waals surface area contributed by atoms with Crippen molar-refractivity contribution in [1.82, 2.24) is 15.5 Å². The van der Waals surface area contributed by atoms with Crippen molar-refractivity contribution in [2.45, 2.75) is 19.0 Å². The highest BCUT2D eigenvalue weighted by Gasteiger charge is 2.23. The average Bonchev–Trinajstić information content (AvgIpc) is 3.26. The van der Waals surface area contributed by atoms with E-state index < -0.39 is 0 Å². The molecule has 0 aliphatic carbocycles. The Balaban J connectivity index is 1.19. The number of likely N-dealkylation sites (tertiary alicyclic amines) is 1. The molecule has 1 atom stereocenters. The molecule has 0 radical (unpaired) electrons. The first-order valence-electron chi connectivity index (χ1n) is 10.8. The minimum atomic E-state index is -0.288. The lowest BCUT2D eigenvalue weighted by molar-refractivity contribution is -0.120. The van der Waals surface area contributed by atoms with E-state index in [4.69, 9.17) is 4.74 Å². The van der Waals surface area contributed by atoms with Gasteiger partial charge in [0.25, 0.3) is 5.91 Å². The first kappa shape index (κ1) is 21.6. The molecule has 0 saturated carbocycles. The third kappa shape index (κ3) is 6.18. The van der Waals surface area contributed by atoms with Gasteiger partial charge in [-0.05, 0) is 48.4 Å². The van der Waals surface area contributed by atoms with E-state index in [2.05, 4.69) is 27.7 Å². The molecule has 0 bridgehead atoms. The van der Waals surface area contributed by atoms with E-state index >= 15 is 0 Å². The maximum Gasteiger partial charge on any atom is 0.251 e. The van der Waals surface area contributed by atoms with Gasteiger partial charge in [-0.15, -0.1) is 0 Å². The van der Waals surface area contributed by atoms with E-state index in [1.165, 1.54) is 5.56 Å². The number of hydrogen-bond acceptors (Lipinski definition) is 4. The number of para-hydroxylation sites is 1. The quantitative estimate of drug-likeness (QED) is 0.574. The molecule has 1 aliphatic rings. The van der Waals surface area contributed by atoms with Crippen LogP contribution in [0.4, 0.5) is 0 Å². The van der Waals surface area contributed by atoms with Crippen molar-refractivity contribution in [3.63, 3.8) is 0 Å². The standard InChI is InChI=1S/C26H27N3O3/c30-25(28-22-15-16-29(19-22)18-20-7-3-1-4-8-20)17-27-26(31)21-11-13-24(14-12-21)32-23-9-5-2-6-10-23/h1-14,22H,15-19H2,(H,27,31)(H,28,30). The van der Waals surface area contributed by atoms with Crippen LogP contribution >= 0.6 is 0 Å². The SMILES string of the molecule is O=C(CNC(=O)c1ccc(Oc2ccccc2)cc1)NC1CCN(Cc2ccccc2)C1. The van der Waals surface area contributed by atoms with E-state index in [0.29, 0.717) is 11.3 Å². The molecule has 1 heterocycles. The minimum Gasteiger partial charge on any atom is -0.457 e. The molecular formula is C26H27N3O3. The van der Waals surface area contributed by atoms with Crippen molar-refractivity contribution in [3.8, 4) is 11.5 Å². The Bertz CT molecular complexity index is 1020. The normalized spacial score (nSPS) is 15.8. The predicted octanol–water partition coefficient (Wildman–Crippen LogP) is 3.60. The van der Waals surface area contributed by atoms with Crippen LogP contribution in [-0.2, 0) is 11.3 Å². The maximum absolute atomic E-state index is 12.4. The number of nitrogens with zero attached hydrogens (tertiary/aromatic N) is 1. The first-order chi connectivity index (χ1) is 15.7. The third-order valence-electron chi connectivity index (χ3n) is 5.39. The molecule has 32 heavy (non-hydrogen) atoms. The van der Waals surface area contributed by atoms with Gasteiger partial charge in [0.05, 0.1) is 6.54 Å². The molecular weight excluding hydrogens is 402 g/mol. The van der Waals surface area contributed by atoms with Gasteiger partial charge in [0.15, 0.2) is 0 Å². The number of nitrogens with one attached hydrogen (secondary N) is 2. The van der Waals surface area contributed by atoms with Gasteiger partial charge < -0.3 is 15.4 Å². The lowest BCUT2D eigenvalue weighted by Crippen LogP contribution is -2.43. The van der Waals surface area contributed by atoms with Crippen molar-refractivity contribution in [3.05, 3.63) is 96.1 Å². The third-order valence-corrected chi connectivity index (χ3v) is 5.39. The Labute approximate surface area is 188 Å². The summed E-state index contributed by atoms with van der Waals surface area (Å²) in [4.78, 5) is 27.0. The number of carbonyl (C=O) groups is 2. The lowest BCUT2D eigenvalue weighted by atomic mass is 10.2. The van der Waals surface area contributed by atoms with Crippen LogP contribution in [0, 0.1) is 0 Å². The maximum atomic E-state index is 12.4. The molecule has 0 spiro atoms. The Morgan fingerprint density at radius 2 is 1.53 bits per heavy atom. The van der Waals surface area contributed by atoms with E-state index in [1.807, 2.05) is 48.5 Å². The molecule has 3 aromatic rings. The summed E-state index contributed by atoms with van der Waals surface area (Å²) in [6.07, 6.45) is 0.912. The summed E-state index contributed by atoms with van der Waals surface area (Å²) in [5, 5.41) is 5.71. The van der Waals surface area contributed by atoms with E-state index in [0.717, 1.165) is 31.8 Å². The van der Waals surface area contributed by atoms with E-state index in [1.54, 1.807) is 24.3 Å². The molecule has 1 fully saturated rings. The molecule has 2 N–H and O–H groups in total. The molecule has 0 aromatic heterocycles. The van der Waals surface area contributed by atoms with Gasteiger partial charge in [0.1, 0.15) is 11.5 Å². The number of rotatable bonds is 8. The fourth-order valence-electron chi connectivity index (χ4n) is 3.78. The second kappa shape index (κ2) is 10.6. The van der Waals surface area contributed by atoms with Crippen LogP contribution in [0.5, 0.6) is 11.5 Å². The minimum absolute atomic E-state index is 0.0454. The molecule has 1 saturated heterocycles. The number of benzene rings is 3. The topological polar surface area (TPSA) is 70.7 Å². The van der Waals surface area contributed by atoms with E-state index in [9.17, 15) is 9.59 Å². The molecule has 2 amide bonds. The van der Waals surface area contributed by atoms with Crippen LogP contribution in [0.25, 0.3) is 0 Å². The monoisotopic (exact) mass is 429 g/mol. The zero-order valence-corrected chi connectivity index (χ0v) is 17.9. The van der Waals surface area contributed by atoms with E-state index in [-0.39, 0.29) is 24.4 Å². The highest BCUT2D eigenvalue weighted by molar-refractivity contribution is 5.96. The molecule has 4 rings (SSSR count). The smallest absolute Gasteiger partial charge is 0.251 e. The van der Waals surface area contributed by atoms with Gasteiger partial charge in [-0.2, -0.15) is 0 Å². The molecule has 1 aliphatic heterocycles. The Morgan fingerprint density at radius 1 is 0.875 bits per heavy atom. The van der Waals surface area contributed by atoms with Crippen LogP contribution in [0.1, 0.15) is 22.3 Å². The molecule has 6 heteroatoms. The van der Waals surface area contributed by atoms with Gasteiger partial charge in [-0.1, -0.05) is 48.5 Å². The molecule has 164 valence electrons. The fourth-order valence-corrected chi connectivity index (χ4v) is 3.78. The second-order valence-electron chi connectivity index (χ2n) is 7.90. The summed E-state index contributed by atoms with van der Waals surface area (Å²) in [7, 11) is 0. The summed E-state index contributed by atoms with van der Waals surface area (Å²) in [6, 6.07) is 26.7. The molecule has 3 aromatic carbocycles. The van der Waals surface area contributed by atoms with Crippen molar-refractivity contribution >= 4 is 11.8 Å². The second-order valence-corrected chi connectivity index (χ2v) is 7.90. The van der Waals surface area contributed by atoms with Gasteiger partial charge >= 0.3 is 0 Å². The lowest BCUT2D eigenvalue weighted by Gasteiger charge is -2.17. The summed E-state index contributed by atoms with van der Waals surface area (Å²) < 4.78 is 5.73. The number of hydrogen-bond donors (Lipinski definition) is 2. The number of carbonyl (C=O) groups excluding carboxylic acids is 2. The summed E-state index contributed by atoms with van der Waals surface area (Å²) in [5.41, 5.74) is 1.75. The summed E-state index contributed by atoms with van der Waals surface area (Å²) in [6.45, 7) is 2.60. The Morgan fingerprint density at radius 3 is 2.25 bits per heavy atom. The zero-order valence-electron chi connectivity index (χ0n) is 17.9. The van der Waals surface area contributed by atoms with Crippen molar-refractivity contribution in [2.24, 2.45) is 0 Å². The van der Waals surface area contributed by atoms with Crippen LogP contribution in [0.15, 0.2) is 84.9 Å². The van der Waals surface area contributed by atoms with Crippen LogP contribution < -0.4 is 15.4 Å². The van der Waals surface area contributed by atoms with Gasteiger partial charge in [0.2, 0.25) is 5.91 Å². The summed E-state index contributed by atoms with van der Waals surface area (Å²) in [5.74, 6) is 0.917. The molecule has 6 nitrogen and oxygen atoms in total. The Hall–Kier alpha value is -3.64. The van der Waals surface area contributed by atoms with Gasteiger partial charge in [0, 0.05) is 31.2 Å². The highest BCUT2D eigenvalue weighted by Crippen LogP contribution is 2.21. The highest BCUT2D eigenvalue weighted by atomic mass is 16.5. The number of amides is 2. The van der Waals surface area contributed by atoms with Crippen molar-refractivity contribution < 1.29 is 14.3 Å². The van der Waals surface area contributed by atoms with Crippen molar-refractivity contribution in [2.75, 3.05) is 19.6 Å². The van der Waals surface area contributed by atoms with Gasteiger partial charge in [-0.25, -0.2) is 0 Å². The fraction of sp³-hybridized carbons (Fsp3) is 0.231. The average molecular weight is 430 g/mol. The number of ether oxygens (including phenoxy) is 1. The largest absolute Gasteiger partial charge is 0.457 e. The van der Waals surface area contributed by atoms with Crippen LogP contribution in [0.3, 0.4) is 0 Å². The predicted molar refractivity (Wildman–Crippen MR) is 124 cm³/mol. The summed E-state index contributed by atoms with van der Waals surface area (Å²) >= 11 is 0. The van der Waals surface area contributed by atoms with Crippen LogP contribution in [0.2, 0.25) is 0 Å². The molecule has 1 unspecified atom stereocenters.